The summed E-state index contributed by atoms with van der Waals surface area (Å²) in [6.45, 7) is 2.66. The first-order chi connectivity index (χ1) is 7.66. The van der Waals surface area contributed by atoms with Crippen molar-refractivity contribution < 1.29 is 19.0 Å². The van der Waals surface area contributed by atoms with E-state index in [9.17, 15) is 9.18 Å². The minimum absolute atomic E-state index is 0.0538. The first kappa shape index (κ1) is 12.6. The number of hydrogen-bond acceptors (Lipinski definition) is 3. The second kappa shape index (κ2) is 6.23. The highest BCUT2D eigenvalue weighted by Gasteiger charge is 2.26. The largest absolute Gasteiger partial charge is 0.350 e. The van der Waals surface area contributed by atoms with Gasteiger partial charge in [0.15, 0.2) is 0 Å². The summed E-state index contributed by atoms with van der Waals surface area (Å²) in [7, 11) is 0. The molecule has 0 aliphatic carbocycles. The molecule has 0 aliphatic rings. The lowest BCUT2D eigenvalue weighted by molar-refractivity contribution is -0.291. The quantitative estimate of drug-likeness (QED) is 0.572. The fourth-order valence-corrected chi connectivity index (χ4v) is 1.59. The van der Waals surface area contributed by atoms with Gasteiger partial charge < -0.3 is 0 Å². The van der Waals surface area contributed by atoms with Crippen LogP contribution in [0.25, 0.3) is 0 Å². The third-order valence-corrected chi connectivity index (χ3v) is 2.26. The molecule has 1 aromatic carbocycles. The minimum atomic E-state index is -1.13. The lowest BCUT2D eigenvalue weighted by Crippen LogP contribution is -2.21. The molecular weight excluding hydrogens is 211 g/mol. The van der Waals surface area contributed by atoms with Crippen LogP contribution in [-0.4, -0.2) is 12.8 Å². The van der Waals surface area contributed by atoms with Crippen molar-refractivity contribution in [3.05, 3.63) is 35.9 Å². The Kier molecular flexibility index (Phi) is 4.92. The van der Waals surface area contributed by atoms with Crippen molar-refractivity contribution in [2.45, 2.75) is 19.8 Å². The van der Waals surface area contributed by atoms with Gasteiger partial charge in [0.05, 0.1) is 5.92 Å². The van der Waals surface area contributed by atoms with E-state index in [0.29, 0.717) is 0 Å². The molecule has 16 heavy (non-hydrogen) atoms. The second-order valence-corrected chi connectivity index (χ2v) is 3.76. The average molecular weight is 226 g/mol. The zero-order valence-corrected chi connectivity index (χ0v) is 9.35. The van der Waals surface area contributed by atoms with Crippen LogP contribution in [0.1, 0.15) is 25.3 Å². The molecular formula is C12H15FO3. The summed E-state index contributed by atoms with van der Waals surface area (Å²) in [4.78, 5) is 20.0. The molecule has 0 radical (unpaired) electrons. The lowest BCUT2D eigenvalue weighted by atomic mass is 9.89. The fourth-order valence-electron chi connectivity index (χ4n) is 1.59. The number of hydrogen-bond donors (Lipinski definition) is 0. The number of rotatable bonds is 5. The summed E-state index contributed by atoms with van der Waals surface area (Å²) < 4.78 is 11.7. The van der Waals surface area contributed by atoms with Crippen LogP contribution in [-0.2, 0) is 14.6 Å². The Hall–Kier alpha value is -1.42. The predicted molar refractivity (Wildman–Crippen MR) is 57.2 cm³/mol. The van der Waals surface area contributed by atoms with Crippen LogP contribution >= 0.6 is 0 Å². The molecule has 0 spiro atoms. The van der Waals surface area contributed by atoms with Gasteiger partial charge >= 0.3 is 5.97 Å². The van der Waals surface area contributed by atoms with E-state index in [0.717, 1.165) is 5.56 Å². The minimum Gasteiger partial charge on any atom is -0.295 e. The van der Waals surface area contributed by atoms with Crippen molar-refractivity contribution in [3.63, 3.8) is 0 Å². The van der Waals surface area contributed by atoms with Gasteiger partial charge in [-0.05, 0) is 11.5 Å². The van der Waals surface area contributed by atoms with E-state index in [-0.39, 0.29) is 5.92 Å². The first-order valence-corrected chi connectivity index (χ1v) is 5.11. The number of alkyl halides is 1. The summed E-state index contributed by atoms with van der Waals surface area (Å²) in [5.41, 5.74) is 0.838. The molecule has 0 saturated carbocycles. The molecule has 1 atom stereocenters. The van der Waals surface area contributed by atoms with Crippen molar-refractivity contribution in [1.82, 2.24) is 0 Å². The summed E-state index contributed by atoms with van der Waals surface area (Å²) in [5.74, 6) is -0.954. The van der Waals surface area contributed by atoms with Crippen molar-refractivity contribution in [2.75, 3.05) is 6.86 Å². The highest BCUT2D eigenvalue weighted by Crippen LogP contribution is 2.25. The summed E-state index contributed by atoms with van der Waals surface area (Å²) in [5, 5.41) is 0. The molecule has 0 amide bonds. The van der Waals surface area contributed by atoms with Gasteiger partial charge in [-0.1, -0.05) is 44.2 Å². The Labute approximate surface area is 94.1 Å². The van der Waals surface area contributed by atoms with Crippen LogP contribution in [0.2, 0.25) is 0 Å². The smallest absolute Gasteiger partial charge is 0.295 e. The monoisotopic (exact) mass is 226 g/mol. The van der Waals surface area contributed by atoms with E-state index in [2.05, 4.69) is 9.78 Å². The molecule has 1 rings (SSSR count). The van der Waals surface area contributed by atoms with Gasteiger partial charge in [-0.25, -0.2) is 9.18 Å². The molecule has 0 fully saturated rings. The molecule has 88 valence electrons. The number of benzene rings is 1. The topological polar surface area (TPSA) is 35.5 Å². The number of carbonyl (C=O) groups is 1. The fraction of sp³-hybridized carbons (Fsp3) is 0.417. The van der Waals surface area contributed by atoms with Crippen LogP contribution in [0.5, 0.6) is 0 Å². The zero-order chi connectivity index (χ0) is 12.0. The third kappa shape index (κ3) is 3.31. The number of halogens is 1. The molecule has 0 bridgehead atoms. The van der Waals surface area contributed by atoms with Gasteiger partial charge in [0, 0.05) is 0 Å². The van der Waals surface area contributed by atoms with E-state index >= 15 is 0 Å². The van der Waals surface area contributed by atoms with Crippen LogP contribution in [0.15, 0.2) is 30.3 Å². The molecule has 0 aromatic heterocycles. The van der Waals surface area contributed by atoms with Crippen molar-refractivity contribution >= 4 is 5.97 Å². The van der Waals surface area contributed by atoms with Crippen LogP contribution < -0.4 is 0 Å². The maximum absolute atomic E-state index is 11.7. The van der Waals surface area contributed by atoms with Gasteiger partial charge in [-0.15, -0.1) is 0 Å². The summed E-state index contributed by atoms with van der Waals surface area (Å²) in [6.07, 6.45) is 0. The van der Waals surface area contributed by atoms with Crippen LogP contribution in [0.3, 0.4) is 0 Å². The SMILES string of the molecule is CC(C)C(C(=O)OOCF)c1ccccc1. The van der Waals surface area contributed by atoms with Gasteiger partial charge in [0.25, 0.3) is 0 Å². The zero-order valence-electron chi connectivity index (χ0n) is 9.35. The molecule has 0 aliphatic heterocycles. The Balaban J connectivity index is 2.79. The maximum atomic E-state index is 11.7. The van der Waals surface area contributed by atoms with E-state index < -0.39 is 18.7 Å². The number of carbonyl (C=O) groups excluding carboxylic acids is 1. The lowest BCUT2D eigenvalue weighted by Gasteiger charge is -2.18. The summed E-state index contributed by atoms with van der Waals surface area (Å²) in [6, 6.07) is 9.22. The Bertz CT molecular complexity index is 324. The molecule has 1 unspecified atom stereocenters. The highest BCUT2D eigenvalue weighted by molar-refractivity contribution is 5.77. The third-order valence-electron chi connectivity index (χ3n) is 2.26. The Morgan fingerprint density at radius 3 is 2.44 bits per heavy atom. The Morgan fingerprint density at radius 1 is 1.31 bits per heavy atom. The van der Waals surface area contributed by atoms with E-state index in [4.69, 9.17) is 0 Å². The second-order valence-electron chi connectivity index (χ2n) is 3.76. The van der Waals surface area contributed by atoms with E-state index in [1.54, 1.807) is 0 Å². The van der Waals surface area contributed by atoms with Crippen molar-refractivity contribution in [2.24, 2.45) is 5.92 Å². The van der Waals surface area contributed by atoms with Gasteiger partial charge in [-0.3, -0.25) is 4.89 Å². The van der Waals surface area contributed by atoms with E-state index in [1.807, 2.05) is 44.2 Å². The van der Waals surface area contributed by atoms with Crippen LogP contribution in [0, 0.1) is 5.92 Å². The van der Waals surface area contributed by atoms with Crippen molar-refractivity contribution in [1.29, 1.82) is 0 Å². The van der Waals surface area contributed by atoms with Gasteiger partial charge in [0.1, 0.15) is 0 Å². The highest BCUT2D eigenvalue weighted by atomic mass is 19.1. The maximum Gasteiger partial charge on any atom is 0.350 e. The normalized spacial score (nSPS) is 12.5. The first-order valence-electron chi connectivity index (χ1n) is 5.11. The molecule has 0 heterocycles. The summed E-state index contributed by atoms with van der Waals surface area (Å²) >= 11 is 0. The van der Waals surface area contributed by atoms with Gasteiger partial charge in [0.2, 0.25) is 6.86 Å². The van der Waals surface area contributed by atoms with Crippen molar-refractivity contribution in [3.8, 4) is 0 Å². The van der Waals surface area contributed by atoms with Gasteiger partial charge in [-0.2, -0.15) is 4.89 Å². The molecule has 3 nitrogen and oxygen atoms in total. The molecule has 0 N–H and O–H groups in total. The molecule has 0 saturated heterocycles. The van der Waals surface area contributed by atoms with E-state index in [1.165, 1.54) is 0 Å². The Morgan fingerprint density at radius 2 is 1.94 bits per heavy atom. The standard InChI is InChI=1S/C12H15FO3/c1-9(2)11(12(14)16-15-8-13)10-6-4-3-5-7-10/h3-7,9,11H,8H2,1-2H3. The predicted octanol–water partition coefficient (Wildman–Crippen LogP) is 2.83. The molecule has 4 heteroatoms. The molecule has 1 aromatic rings. The average Bonchev–Trinajstić information content (AvgIpc) is 2.27. The van der Waals surface area contributed by atoms with Crippen LogP contribution in [0.4, 0.5) is 4.39 Å².